The van der Waals surface area contributed by atoms with Crippen molar-refractivity contribution in [2.75, 3.05) is 12.0 Å². The van der Waals surface area contributed by atoms with E-state index in [0.717, 1.165) is 5.69 Å². The third-order valence-electron chi connectivity index (χ3n) is 2.96. The predicted octanol–water partition coefficient (Wildman–Crippen LogP) is -2.33. The van der Waals surface area contributed by atoms with Crippen LogP contribution in [0.1, 0.15) is 5.69 Å². The molecule has 0 aliphatic heterocycles. The molecule has 0 saturated carbocycles. The Morgan fingerprint density at radius 1 is 1.33 bits per heavy atom. The normalized spacial score (nSPS) is 11.8. The van der Waals surface area contributed by atoms with Crippen LogP contribution in [0, 0.1) is 6.92 Å². The molecule has 0 radical (unpaired) electrons. The Balaban J connectivity index is 0.00000220. The molecule has 1 unspecified atom stereocenters. The molecule has 2 aromatic rings. The van der Waals surface area contributed by atoms with Gasteiger partial charge in [-0.2, -0.15) is 0 Å². The van der Waals surface area contributed by atoms with Gasteiger partial charge in [-0.3, -0.25) is 13.7 Å². The Kier molecular flexibility index (Phi) is 6.85. The van der Waals surface area contributed by atoms with Gasteiger partial charge in [-0.1, -0.05) is 18.2 Å². The summed E-state index contributed by atoms with van der Waals surface area (Å²) in [6, 6.07) is 9.16. The van der Waals surface area contributed by atoms with Crippen LogP contribution in [0.25, 0.3) is 5.69 Å². The van der Waals surface area contributed by atoms with Crippen LogP contribution >= 0.6 is 0 Å². The molecule has 0 aliphatic rings. The van der Waals surface area contributed by atoms with Gasteiger partial charge in [0, 0.05) is 7.05 Å². The van der Waals surface area contributed by atoms with Crippen molar-refractivity contribution in [1.82, 2.24) is 9.36 Å². The zero-order valence-corrected chi connectivity index (χ0v) is 14.8. The van der Waals surface area contributed by atoms with Gasteiger partial charge < -0.3 is 9.87 Å². The molecule has 1 atom stereocenters. The van der Waals surface area contributed by atoms with Crippen LogP contribution in [-0.4, -0.2) is 24.9 Å². The molecule has 1 aromatic heterocycles. The number of anilines is 1. The minimum Gasteiger partial charge on any atom is -0.750 e. The zero-order chi connectivity index (χ0) is 14.7. The number of hydrogen-bond donors (Lipinski definition) is 1. The molecule has 21 heavy (non-hydrogen) atoms. The summed E-state index contributed by atoms with van der Waals surface area (Å²) >= 11 is -2.62. The van der Waals surface area contributed by atoms with Crippen molar-refractivity contribution in [1.29, 1.82) is 0 Å². The zero-order valence-electron chi connectivity index (χ0n) is 12.0. The smallest absolute Gasteiger partial charge is 0.750 e. The summed E-state index contributed by atoms with van der Waals surface area (Å²) < 4.78 is 28.1. The standard InChI is InChI=1S/C12H15N3O4S.Na/c1-9-11(13-8-19-20(17)18)12(16)15(14(9)2)10-6-4-3-5-7-10;/h3-7,13H,8H2,1-2H3,(H,17,18);/q;+1/p-1. The minimum atomic E-state index is -2.62. The van der Waals surface area contributed by atoms with Gasteiger partial charge in [0.25, 0.3) is 5.56 Å². The van der Waals surface area contributed by atoms with E-state index in [4.69, 9.17) is 0 Å². The molecule has 0 aliphatic carbocycles. The Morgan fingerprint density at radius 2 is 1.95 bits per heavy atom. The molecular formula is C12H14N3NaO4S. The molecule has 0 amide bonds. The fourth-order valence-electron chi connectivity index (χ4n) is 1.92. The number of aromatic nitrogens is 2. The Morgan fingerprint density at radius 3 is 2.52 bits per heavy atom. The second kappa shape index (κ2) is 7.92. The summed E-state index contributed by atoms with van der Waals surface area (Å²) in [5.41, 5.74) is 1.45. The van der Waals surface area contributed by atoms with Gasteiger partial charge in [0.2, 0.25) is 0 Å². The number of hydrogen-bond acceptors (Lipinski definition) is 5. The van der Waals surface area contributed by atoms with E-state index in [1.54, 1.807) is 18.7 Å². The predicted molar refractivity (Wildman–Crippen MR) is 74.2 cm³/mol. The number of benzene rings is 1. The van der Waals surface area contributed by atoms with E-state index in [2.05, 4.69) is 9.50 Å². The summed E-state index contributed by atoms with van der Waals surface area (Å²) in [5, 5.41) is 2.67. The van der Waals surface area contributed by atoms with Crippen molar-refractivity contribution in [3.63, 3.8) is 0 Å². The van der Waals surface area contributed by atoms with E-state index in [1.807, 2.05) is 30.3 Å². The Labute approximate surface area is 146 Å². The second-order valence-electron chi connectivity index (χ2n) is 4.08. The molecule has 1 aromatic carbocycles. The van der Waals surface area contributed by atoms with Crippen molar-refractivity contribution >= 4 is 17.0 Å². The maximum absolute atomic E-state index is 12.4. The van der Waals surface area contributed by atoms with Crippen molar-refractivity contribution in [2.24, 2.45) is 7.05 Å². The number of rotatable bonds is 5. The third kappa shape index (κ3) is 4.06. The quantitative estimate of drug-likeness (QED) is 0.379. The van der Waals surface area contributed by atoms with Crippen LogP contribution in [0.5, 0.6) is 0 Å². The maximum Gasteiger partial charge on any atom is 1.00 e. The van der Waals surface area contributed by atoms with Gasteiger partial charge in [-0.15, -0.1) is 0 Å². The summed E-state index contributed by atoms with van der Waals surface area (Å²) in [5.74, 6) is 0. The first-order valence-corrected chi connectivity index (χ1v) is 6.83. The van der Waals surface area contributed by atoms with Gasteiger partial charge in [0.1, 0.15) is 12.4 Å². The van der Waals surface area contributed by atoms with Crippen molar-refractivity contribution in [3.8, 4) is 5.69 Å². The van der Waals surface area contributed by atoms with Gasteiger partial charge >= 0.3 is 29.6 Å². The second-order valence-corrected chi connectivity index (χ2v) is 4.72. The Bertz CT molecular complexity index is 684. The van der Waals surface area contributed by atoms with Crippen LogP contribution in [0.4, 0.5) is 5.69 Å². The summed E-state index contributed by atoms with van der Waals surface area (Å²) in [6.07, 6.45) is 0. The van der Waals surface area contributed by atoms with Gasteiger partial charge in [0.15, 0.2) is 0 Å². The summed E-state index contributed by atoms with van der Waals surface area (Å²) in [7, 11) is 1.75. The van der Waals surface area contributed by atoms with E-state index in [1.165, 1.54) is 4.68 Å². The molecule has 7 nitrogen and oxygen atoms in total. The monoisotopic (exact) mass is 319 g/mol. The molecular weight excluding hydrogens is 305 g/mol. The van der Waals surface area contributed by atoms with Crippen molar-refractivity contribution in [2.45, 2.75) is 6.92 Å². The molecule has 0 saturated heterocycles. The molecule has 2 rings (SSSR count). The third-order valence-corrected chi connectivity index (χ3v) is 3.27. The average Bonchev–Trinajstić information content (AvgIpc) is 2.63. The largest absolute Gasteiger partial charge is 1.00 e. The number of para-hydroxylation sites is 1. The molecule has 9 heteroatoms. The van der Waals surface area contributed by atoms with E-state index < -0.39 is 11.4 Å². The van der Waals surface area contributed by atoms with E-state index in [-0.39, 0.29) is 41.8 Å². The van der Waals surface area contributed by atoms with Crippen LogP contribution in [0.3, 0.4) is 0 Å². The molecule has 0 fully saturated rings. The van der Waals surface area contributed by atoms with Crippen LogP contribution in [0.15, 0.2) is 35.1 Å². The topological polar surface area (TPSA) is 88.3 Å². The minimum absolute atomic E-state index is 0. The van der Waals surface area contributed by atoms with Gasteiger partial charge in [0.05, 0.1) is 22.7 Å². The first-order chi connectivity index (χ1) is 9.52. The fraction of sp³-hybridized carbons (Fsp3) is 0.250. The SMILES string of the molecule is Cc1c(NCOS(=O)[O-])c(=O)n(-c2ccccc2)n1C.[Na+]. The van der Waals surface area contributed by atoms with E-state index >= 15 is 0 Å². The molecule has 1 heterocycles. The molecule has 0 spiro atoms. The van der Waals surface area contributed by atoms with E-state index in [0.29, 0.717) is 11.4 Å². The van der Waals surface area contributed by atoms with Gasteiger partial charge in [-0.05, 0) is 19.1 Å². The summed E-state index contributed by atoms with van der Waals surface area (Å²) in [4.78, 5) is 12.4. The van der Waals surface area contributed by atoms with Crippen LogP contribution < -0.4 is 40.4 Å². The fourth-order valence-corrected chi connectivity index (χ4v) is 2.08. The van der Waals surface area contributed by atoms with Gasteiger partial charge in [-0.25, -0.2) is 8.89 Å². The van der Waals surface area contributed by atoms with Crippen LogP contribution in [-0.2, 0) is 22.6 Å². The average molecular weight is 319 g/mol. The Hall–Kier alpha value is -0.900. The summed E-state index contributed by atoms with van der Waals surface area (Å²) in [6.45, 7) is 1.47. The van der Waals surface area contributed by atoms with Crippen molar-refractivity contribution in [3.05, 3.63) is 46.4 Å². The molecule has 0 bridgehead atoms. The van der Waals surface area contributed by atoms with Crippen LogP contribution in [0.2, 0.25) is 0 Å². The number of nitrogens with one attached hydrogen (secondary N) is 1. The molecule has 1 N–H and O–H groups in total. The first-order valence-electron chi connectivity index (χ1n) is 5.83. The molecule has 108 valence electrons. The number of nitrogens with zero attached hydrogens (tertiary/aromatic N) is 2. The maximum atomic E-state index is 12.4. The first kappa shape index (κ1) is 18.1. The van der Waals surface area contributed by atoms with Crippen molar-refractivity contribution < 1.29 is 42.5 Å². The van der Waals surface area contributed by atoms with E-state index in [9.17, 15) is 13.6 Å².